The van der Waals surface area contributed by atoms with Crippen molar-refractivity contribution < 1.29 is 27.9 Å². The molecule has 0 saturated carbocycles. The molecule has 1 fully saturated rings. The van der Waals surface area contributed by atoms with Crippen molar-refractivity contribution in [3.8, 4) is 0 Å². The number of aromatic nitrogens is 2. The molecule has 1 aromatic heterocycles. The van der Waals surface area contributed by atoms with Crippen LogP contribution in [0.3, 0.4) is 0 Å². The normalized spacial score (nSPS) is 19.5. The molecule has 1 unspecified atom stereocenters. The zero-order chi connectivity index (χ0) is 25.6. The second-order valence-corrected chi connectivity index (χ2v) is 9.95. The fourth-order valence-electron chi connectivity index (χ4n) is 4.25. The molecule has 5 rings (SSSR count). The Bertz CT molecular complexity index is 1450. The predicted octanol–water partition coefficient (Wildman–Crippen LogP) is 5.13. The predicted molar refractivity (Wildman–Crippen MR) is 131 cm³/mol. The molecule has 12 heteroatoms. The van der Waals surface area contributed by atoms with Crippen LogP contribution in [0.5, 0.6) is 0 Å². The molecular weight excluding hydrogens is 517 g/mol. The van der Waals surface area contributed by atoms with E-state index in [0.29, 0.717) is 46.0 Å². The van der Waals surface area contributed by atoms with E-state index >= 15 is 0 Å². The number of aliphatic imine (C=N–C) groups is 1. The van der Waals surface area contributed by atoms with Crippen molar-refractivity contribution in [1.29, 1.82) is 0 Å². The number of aliphatic carboxylic acids is 1. The first-order chi connectivity index (χ1) is 17.1. The van der Waals surface area contributed by atoms with Gasteiger partial charge in [-0.2, -0.15) is 23.3 Å². The van der Waals surface area contributed by atoms with Gasteiger partial charge in [-0.15, -0.1) is 0 Å². The molecule has 1 atom stereocenters. The minimum absolute atomic E-state index is 0.00646. The van der Waals surface area contributed by atoms with Crippen LogP contribution in [0, 0.1) is 5.92 Å². The molecule has 0 aliphatic carbocycles. The number of halogens is 4. The third-order valence-electron chi connectivity index (χ3n) is 6.08. The average molecular weight is 535 g/mol. The molecule has 0 bridgehead atoms. The van der Waals surface area contributed by atoms with E-state index in [1.165, 1.54) is 28.6 Å². The second-order valence-electron chi connectivity index (χ2n) is 8.50. The van der Waals surface area contributed by atoms with Gasteiger partial charge in [0.2, 0.25) is 0 Å². The molecule has 0 radical (unpaired) electrons. The zero-order valence-corrected chi connectivity index (χ0v) is 20.1. The lowest BCUT2D eigenvalue weighted by molar-refractivity contribution is -0.141. The molecular formula is C24H18ClF3N4O3S. The van der Waals surface area contributed by atoms with Crippen LogP contribution in [0.4, 0.5) is 13.2 Å². The van der Waals surface area contributed by atoms with Gasteiger partial charge < -0.3 is 10.0 Å². The number of benzene rings is 2. The number of rotatable bonds is 4. The van der Waals surface area contributed by atoms with Crippen molar-refractivity contribution in [3.05, 3.63) is 69.2 Å². The molecule has 1 saturated heterocycles. The fraction of sp³-hybridized carbons (Fsp3) is 0.250. The number of carbonyl (C=O) groups is 2. The van der Waals surface area contributed by atoms with Gasteiger partial charge in [-0.25, -0.2) is 0 Å². The Hall–Kier alpha value is -3.31. The number of carboxylic acid groups (broad SMARTS) is 1. The molecule has 2 aliphatic heterocycles. The van der Waals surface area contributed by atoms with Crippen molar-refractivity contribution in [3.63, 3.8) is 0 Å². The highest BCUT2D eigenvalue weighted by Crippen LogP contribution is 2.35. The summed E-state index contributed by atoms with van der Waals surface area (Å²) in [4.78, 5) is 29.9. The van der Waals surface area contributed by atoms with Crippen molar-refractivity contribution in [2.75, 3.05) is 13.1 Å². The maximum absolute atomic E-state index is 13.5. The van der Waals surface area contributed by atoms with Crippen LogP contribution < -0.4 is 0 Å². The number of hydrogen-bond donors (Lipinski definition) is 1. The van der Waals surface area contributed by atoms with Gasteiger partial charge in [0.1, 0.15) is 0 Å². The Balaban J connectivity index is 1.35. The monoisotopic (exact) mass is 534 g/mol. The highest BCUT2D eigenvalue weighted by atomic mass is 35.5. The summed E-state index contributed by atoms with van der Waals surface area (Å²) in [5, 5.41) is 14.6. The Kier molecular flexibility index (Phi) is 6.29. The number of amides is 1. The van der Waals surface area contributed by atoms with E-state index in [1.54, 1.807) is 35.4 Å². The summed E-state index contributed by atoms with van der Waals surface area (Å²) < 4.78 is 41.9. The molecule has 7 nitrogen and oxygen atoms in total. The van der Waals surface area contributed by atoms with Crippen LogP contribution in [0.25, 0.3) is 17.0 Å². The molecule has 2 aliphatic rings. The highest BCUT2D eigenvalue weighted by molar-refractivity contribution is 8.18. The Morgan fingerprint density at radius 1 is 1.25 bits per heavy atom. The number of fused-ring (bicyclic) bond motifs is 1. The van der Waals surface area contributed by atoms with Gasteiger partial charge in [0, 0.05) is 23.5 Å². The summed E-state index contributed by atoms with van der Waals surface area (Å²) in [7, 11) is 0. The Labute approximate surface area is 212 Å². The Morgan fingerprint density at radius 3 is 2.78 bits per heavy atom. The first-order valence-electron chi connectivity index (χ1n) is 10.9. The summed E-state index contributed by atoms with van der Waals surface area (Å²) in [5.74, 6) is -1.73. The lowest BCUT2D eigenvalue weighted by atomic mass is 10.1. The first kappa shape index (κ1) is 24.4. The minimum Gasteiger partial charge on any atom is -0.481 e. The van der Waals surface area contributed by atoms with Crippen LogP contribution in [0.2, 0.25) is 5.02 Å². The number of hydrogen-bond acceptors (Lipinski definition) is 5. The van der Waals surface area contributed by atoms with Gasteiger partial charge in [-0.1, -0.05) is 23.7 Å². The first-order valence-corrected chi connectivity index (χ1v) is 12.1. The summed E-state index contributed by atoms with van der Waals surface area (Å²) >= 11 is 6.97. The summed E-state index contributed by atoms with van der Waals surface area (Å²) in [6.07, 6.45) is -0.795. The van der Waals surface area contributed by atoms with E-state index < -0.39 is 29.5 Å². The van der Waals surface area contributed by atoms with Gasteiger partial charge in [-0.3, -0.25) is 14.3 Å². The van der Waals surface area contributed by atoms with Crippen molar-refractivity contribution in [1.82, 2.24) is 14.7 Å². The maximum atomic E-state index is 13.5. The average Bonchev–Trinajstić information content (AvgIpc) is 3.54. The van der Waals surface area contributed by atoms with Crippen molar-refractivity contribution in [2.45, 2.75) is 19.1 Å². The SMILES string of the molecule is O=C1N=C(N2CCC(C(=O)O)C2)SC1=Cc1ccc2c(cnn2Cc2ccc(Cl)cc2C(F)(F)F)c1. The van der Waals surface area contributed by atoms with E-state index in [0.717, 1.165) is 6.07 Å². The molecule has 3 aromatic rings. The molecule has 3 heterocycles. The van der Waals surface area contributed by atoms with E-state index in [1.807, 2.05) is 0 Å². The number of carbonyl (C=O) groups excluding carboxylic acids is 1. The van der Waals surface area contributed by atoms with Crippen LogP contribution >= 0.6 is 23.4 Å². The van der Waals surface area contributed by atoms with Gasteiger partial charge >= 0.3 is 12.1 Å². The van der Waals surface area contributed by atoms with Crippen LogP contribution in [-0.4, -0.2) is 49.9 Å². The number of amidine groups is 1. The van der Waals surface area contributed by atoms with Gasteiger partial charge in [0.25, 0.3) is 5.91 Å². The minimum atomic E-state index is -4.54. The molecule has 1 amide bonds. The summed E-state index contributed by atoms with van der Waals surface area (Å²) in [6.45, 7) is 0.753. The molecule has 2 aromatic carbocycles. The van der Waals surface area contributed by atoms with Crippen LogP contribution in [0.1, 0.15) is 23.1 Å². The third kappa shape index (κ3) is 4.85. The smallest absolute Gasteiger partial charge is 0.416 e. The van der Waals surface area contributed by atoms with E-state index in [2.05, 4.69) is 10.1 Å². The highest BCUT2D eigenvalue weighted by Gasteiger charge is 2.35. The number of likely N-dealkylation sites (tertiary alicyclic amines) is 1. The molecule has 1 N–H and O–H groups in total. The van der Waals surface area contributed by atoms with Crippen molar-refractivity contribution >= 4 is 57.4 Å². The van der Waals surface area contributed by atoms with E-state index in [9.17, 15) is 27.9 Å². The Morgan fingerprint density at radius 2 is 2.06 bits per heavy atom. The topological polar surface area (TPSA) is 87.8 Å². The number of carboxylic acids is 1. The standard InChI is InChI=1S/C24H18ClF3N4O3S/c25-17-3-2-14(18(9-17)24(26,27)28)12-32-19-4-1-13(7-16(19)10-29-32)8-20-21(33)30-23(36-20)31-6-5-15(11-31)22(34)35/h1-4,7-10,15H,5-6,11-12H2,(H,34,35). The lowest BCUT2D eigenvalue weighted by Crippen LogP contribution is -2.26. The summed E-state index contributed by atoms with van der Waals surface area (Å²) in [5.41, 5.74) is 0.592. The zero-order valence-electron chi connectivity index (χ0n) is 18.5. The van der Waals surface area contributed by atoms with E-state index in [4.69, 9.17) is 11.6 Å². The number of nitrogens with zero attached hydrogens (tertiary/aromatic N) is 4. The lowest BCUT2D eigenvalue weighted by Gasteiger charge is -2.15. The number of alkyl halides is 3. The molecule has 0 spiro atoms. The van der Waals surface area contributed by atoms with Gasteiger partial charge in [-0.05, 0) is 59.7 Å². The molecule has 186 valence electrons. The largest absolute Gasteiger partial charge is 0.481 e. The quantitative estimate of drug-likeness (QED) is 0.467. The van der Waals surface area contributed by atoms with Crippen LogP contribution in [0.15, 0.2) is 52.5 Å². The van der Waals surface area contributed by atoms with Crippen molar-refractivity contribution in [2.24, 2.45) is 10.9 Å². The van der Waals surface area contributed by atoms with Gasteiger partial charge in [0.05, 0.1) is 34.6 Å². The maximum Gasteiger partial charge on any atom is 0.416 e. The summed E-state index contributed by atoms with van der Waals surface area (Å²) in [6, 6.07) is 8.95. The molecule has 36 heavy (non-hydrogen) atoms. The second kappa shape index (κ2) is 9.29. The fourth-order valence-corrected chi connectivity index (χ4v) is 5.37. The van der Waals surface area contributed by atoms with E-state index in [-0.39, 0.29) is 17.1 Å². The van der Waals surface area contributed by atoms with Gasteiger partial charge in [0.15, 0.2) is 5.17 Å². The van der Waals surface area contributed by atoms with Crippen LogP contribution in [-0.2, 0) is 22.3 Å². The number of thioether (sulfide) groups is 1. The third-order valence-corrected chi connectivity index (χ3v) is 7.36.